The fourth-order valence-corrected chi connectivity index (χ4v) is 3.27. The number of fused-ring (bicyclic) bond motifs is 1. The first-order chi connectivity index (χ1) is 10.6. The largest absolute Gasteiger partial charge is 0.481 e. The van der Waals surface area contributed by atoms with Crippen LogP contribution in [0, 0.1) is 13.8 Å². The van der Waals surface area contributed by atoms with Crippen LogP contribution in [0.5, 0.6) is 0 Å². The minimum atomic E-state index is -0.766. The van der Waals surface area contributed by atoms with E-state index in [9.17, 15) is 9.90 Å². The van der Waals surface area contributed by atoms with Gasteiger partial charge in [-0.2, -0.15) is 0 Å². The topological polar surface area (TPSA) is 58.0 Å². The zero-order valence-corrected chi connectivity index (χ0v) is 12.8. The zero-order valence-electron chi connectivity index (χ0n) is 12.8. The molecule has 1 aromatic carbocycles. The lowest BCUT2D eigenvalue weighted by atomic mass is 10.0. The molecule has 0 aliphatic carbocycles. The minimum absolute atomic E-state index is 0.0771. The molecule has 2 heterocycles. The molecule has 0 aliphatic heterocycles. The van der Waals surface area contributed by atoms with Crippen molar-refractivity contribution in [3.8, 4) is 0 Å². The number of carbonyl (C=O) groups is 1. The lowest BCUT2D eigenvalue weighted by Crippen LogP contribution is -2.18. The maximum Gasteiger partial charge on any atom is 0.305 e. The summed E-state index contributed by atoms with van der Waals surface area (Å²) >= 11 is 0. The zero-order chi connectivity index (χ0) is 15.7. The molecule has 0 fully saturated rings. The second-order valence-electron chi connectivity index (χ2n) is 5.80. The first-order valence-electron chi connectivity index (χ1n) is 7.47. The third-order valence-corrected chi connectivity index (χ3v) is 4.23. The van der Waals surface area contributed by atoms with Gasteiger partial charge in [-0.1, -0.05) is 18.2 Å². The van der Waals surface area contributed by atoms with Gasteiger partial charge in [0.25, 0.3) is 0 Å². The molecule has 0 saturated carbocycles. The third-order valence-electron chi connectivity index (χ3n) is 4.23. The van der Waals surface area contributed by atoms with Gasteiger partial charge in [0.2, 0.25) is 0 Å². The Bertz CT molecular complexity index is 794. The van der Waals surface area contributed by atoms with Crippen molar-refractivity contribution in [2.24, 2.45) is 0 Å². The van der Waals surface area contributed by atoms with Crippen molar-refractivity contribution >= 4 is 16.9 Å². The van der Waals surface area contributed by atoms with Gasteiger partial charge in [0.1, 0.15) is 0 Å². The van der Waals surface area contributed by atoms with Crippen molar-refractivity contribution in [2.75, 3.05) is 0 Å². The highest BCUT2D eigenvalue weighted by molar-refractivity contribution is 5.83. The van der Waals surface area contributed by atoms with Crippen molar-refractivity contribution in [1.29, 1.82) is 0 Å². The number of hydrogen-bond donors (Lipinski definition) is 2. The molecule has 3 aromatic rings. The van der Waals surface area contributed by atoms with E-state index in [1.165, 1.54) is 5.39 Å². The normalized spacial score (nSPS) is 12.6. The Morgan fingerprint density at radius 1 is 1.18 bits per heavy atom. The van der Waals surface area contributed by atoms with Gasteiger partial charge >= 0.3 is 5.97 Å². The van der Waals surface area contributed by atoms with Crippen molar-refractivity contribution in [1.82, 2.24) is 9.55 Å². The number of aromatic nitrogens is 2. The molecule has 0 amide bonds. The summed E-state index contributed by atoms with van der Waals surface area (Å²) in [5, 5.41) is 10.5. The first kappa shape index (κ1) is 14.4. The summed E-state index contributed by atoms with van der Waals surface area (Å²) in [6.07, 6.45) is 2.82. The highest BCUT2D eigenvalue weighted by Gasteiger charge is 2.20. The molecular weight excluding hydrogens is 276 g/mol. The number of rotatable bonds is 5. The molecule has 22 heavy (non-hydrogen) atoms. The summed E-state index contributed by atoms with van der Waals surface area (Å²) in [5.41, 5.74) is 4.45. The van der Waals surface area contributed by atoms with Gasteiger partial charge < -0.3 is 14.7 Å². The molecule has 2 aromatic heterocycles. The number of carboxylic acid groups (broad SMARTS) is 1. The molecule has 0 unspecified atom stereocenters. The molecule has 4 nitrogen and oxygen atoms in total. The van der Waals surface area contributed by atoms with E-state index in [1.807, 2.05) is 50.4 Å². The van der Waals surface area contributed by atoms with E-state index in [0.29, 0.717) is 6.42 Å². The van der Waals surface area contributed by atoms with Crippen LogP contribution in [0.4, 0.5) is 0 Å². The molecule has 0 aliphatic rings. The van der Waals surface area contributed by atoms with Crippen molar-refractivity contribution < 1.29 is 9.90 Å². The number of benzene rings is 1. The Hall–Kier alpha value is -2.49. The smallest absolute Gasteiger partial charge is 0.305 e. The number of aliphatic carboxylic acids is 1. The van der Waals surface area contributed by atoms with Crippen LogP contribution >= 0.6 is 0 Å². The monoisotopic (exact) mass is 296 g/mol. The average molecular weight is 296 g/mol. The van der Waals surface area contributed by atoms with Gasteiger partial charge in [-0.05, 0) is 44.0 Å². The van der Waals surface area contributed by atoms with Gasteiger partial charge in [-0.25, -0.2) is 0 Å². The van der Waals surface area contributed by atoms with Gasteiger partial charge in [-0.3, -0.25) is 4.79 Å². The summed E-state index contributed by atoms with van der Waals surface area (Å²) in [5.74, 6) is -0.766. The van der Waals surface area contributed by atoms with Gasteiger partial charge in [0.05, 0.1) is 6.42 Å². The lowest BCUT2D eigenvalue weighted by Gasteiger charge is -2.21. The molecule has 0 radical (unpaired) electrons. The van der Waals surface area contributed by atoms with E-state index in [1.54, 1.807) is 0 Å². The Balaban J connectivity index is 1.98. The third kappa shape index (κ3) is 2.64. The highest BCUT2D eigenvalue weighted by Crippen LogP contribution is 2.27. The second kappa shape index (κ2) is 5.72. The van der Waals surface area contributed by atoms with Crippen LogP contribution in [0.1, 0.15) is 29.4 Å². The van der Waals surface area contributed by atoms with Gasteiger partial charge in [-0.15, -0.1) is 0 Å². The lowest BCUT2D eigenvalue weighted by molar-refractivity contribution is -0.137. The van der Waals surface area contributed by atoms with E-state index in [-0.39, 0.29) is 12.5 Å². The van der Waals surface area contributed by atoms with E-state index in [0.717, 1.165) is 22.5 Å². The second-order valence-corrected chi connectivity index (χ2v) is 5.80. The van der Waals surface area contributed by atoms with Crippen LogP contribution in [-0.4, -0.2) is 20.6 Å². The minimum Gasteiger partial charge on any atom is -0.481 e. The van der Waals surface area contributed by atoms with E-state index < -0.39 is 5.97 Å². The van der Waals surface area contributed by atoms with Gasteiger partial charge in [0.15, 0.2) is 0 Å². The van der Waals surface area contributed by atoms with Gasteiger partial charge in [0, 0.05) is 34.5 Å². The quantitative estimate of drug-likeness (QED) is 0.751. The fourth-order valence-electron chi connectivity index (χ4n) is 3.27. The number of hydrogen-bond acceptors (Lipinski definition) is 1. The maximum absolute atomic E-state index is 11.3. The molecule has 1 atom stereocenters. The van der Waals surface area contributed by atoms with Crippen LogP contribution in [0.3, 0.4) is 0 Å². The van der Waals surface area contributed by atoms with Crippen LogP contribution in [0.2, 0.25) is 0 Å². The summed E-state index contributed by atoms with van der Waals surface area (Å²) in [4.78, 5) is 14.6. The Morgan fingerprint density at radius 2 is 1.86 bits per heavy atom. The van der Waals surface area contributed by atoms with E-state index >= 15 is 0 Å². The van der Waals surface area contributed by atoms with Crippen LogP contribution in [0.25, 0.3) is 10.9 Å². The molecule has 0 bridgehead atoms. The Labute approximate surface area is 129 Å². The summed E-state index contributed by atoms with van der Waals surface area (Å²) in [6.45, 7) is 4.05. The van der Waals surface area contributed by atoms with Crippen molar-refractivity contribution in [3.63, 3.8) is 0 Å². The average Bonchev–Trinajstić information content (AvgIpc) is 3.02. The summed E-state index contributed by atoms with van der Waals surface area (Å²) in [7, 11) is 0. The SMILES string of the molecule is Cc1ccc(C)n1[C@@H](CC(=O)O)Cc1c[nH]c2ccccc12. The highest BCUT2D eigenvalue weighted by atomic mass is 16.4. The number of aryl methyl sites for hydroxylation is 2. The van der Waals surface area contributed by atoms with E-state index in [4.69, 9.17) is 0 Å². The Kier molecular flexibility index (Phi) is 3.75. The molecular formula is C18H20N2O2. The van der Waals surface area contributed by atoms with Crippen molar-refractivity contribution in [2.45, 2.75) is 32.7 Å². The standard InChI is InChI=1S/C18H20N2O2/c1-12-7-8-13(2)20(12)15(10-18(21)22)9-14-11-19-17-6-4-3-5-16(14)17/h3-8,11,15,19H,9-10H2,1-2H3,(H,21,22)/t15-/m1/s1. The molecule has 4 heteroatoms. The molecule has 114 valence electrons. The maximum atomic E-state index is 11.3. The van der Waals surface area contributed by atoms with Crippen molar-refractivity contribution in [3.05, 3.63) is 59.5 Å². The fraction of sp³-hybridized carbons (Fsp3) is 0.278. The number of carboxylic acids is 1. The summed E-state index contributed by atoms with van der Waals surface area (Å²) in [6, 6.07) is 12.1. The molecule has 0 saturated heterocycles. The predicted molar refractivity (Wildman–Crippen MR) is 87.2 cm³/mol. The van der Waals surface area contributed by atoms with Crippen LogP contribution < -0.4 is 0 Å². The molecule has 2 N–H and O–H groups in total. The molecule has 0 spiro atoms. The Morgan fingerprint density at radius 3 is 2.55 bits per heavy atom. The summed E-state index contributed by atoms with van der Waals surface area (Å²) < 4.78 is 2.13. The number of para-hydroxylation sites is 1. The van der Waals surface area contributed by atoms with E-state index in [2.05, 4.69) is 15.6 Å². The van der Waals surface area contributed by atoms with Crippen LogP contribution in [0.15, 0.2) is 42.6 Å². The number of nitrogens with one attached hydrogen (secondary N) is 1. The van der Waals surface area contributed by atoms with Crippen LogP contribution in [-0.2, 0) is 11.2 Å². The number of H-pyrrole nitrogens is 1. The number of aromatic amines is 1. The number of nitrogens with zero attached hydrogens (tertiary/aromatic N) is 1. The molecule has 3 rings (SSSR count). The first-order valence-corrected chi connectivity index (χ1v) is 7.47. The predicted octanol–water partition coefficient (Wildman–Crippen LogP) is 3.84.